The standard InChI is InChI=1S/C22H25N3O3/c1-14(2)21(27)28-19(22(3,4)5)13-15-9-8-12-18(20(15)26)25-23-16-10-6-7-11-17(16)24-25/h6-12,19,26H,1,13H2,2-5H3. The summed E-state index contributed by atoms with van der Waals surface area (Å²) in [6.07, 6.45) is -0.0642. The molecule has 0 fully saturated rings. The number of esters is 1. The quantitative estimate of drug-likeness (QED) is 0.531. The number of aromatic nitrogens is 3. The fourth-order valence-electron chi connectivity index (χ4n) is 2.83. The second-order valence-electron chi connectivity index (χ2n) is 8.01. The minimum absolute atomic E-state index is 0.0726. The lowest BCUT2D eigenvalue weighted by atomic mass is 9.85. The number of aromatic hydroxyl groups is 1. The zero-order chi connectivity index (χ0) is 20.5. The van der Waals surface area contributed by atoms with Gasteiger partial charge in [0.05, 0.1) is 0 Å². The molecule has 0 saturated heterocycles. The molecule has 0 aliphatic rings. The third-order valence-corrected chi connectivity index (χ3v) is 4.57. The van der Waals surface area contributed by atoms with E-state index in [-0.39, 0.29) is 11.2 Å². The van der Waals surface area contributed by atoms with Crippen LogP contribution >= 0.6 is 0 Å². The third-order valence-electron chi connectivity index (χ3n) is 4.57. The molecule has 1 N–H and O–H groups in total. The fourth-order valence-corrected chi connectivity index (χ4v) is 2.83. The summed E-state index contributed by atoms with van der Waals surface area (Å²) in [5.74, 6) is -0.362. The Balaban J connectivity index is 1.95. The second-order valence-corrected chi connectivity index (χ2v) is 8.01. The number of nitrogens with zero attached hydrogens (tertiary/aromatic N) is 3. The minimum atomic E-state index is -0.435. The summed E-state index contributed by atoms with van der Waals surface area (Å²) in [6, 6.07) is 12.9. The van der Waals surface area contributed by atoms with Gasteiger partial charge in [0.15, 0.2) is 0 Å². The molecule has 0 spiro atoms. The van der Waals surface area contributed by atoms with Crippen LogP contribution in [-0.4, -0.2) is 32.2 Å². The van der Waals surface area contributed by atoms with Crippen LogP contribution in [0.5, 0.6) is 5.75 Å². The molecule has 2 aromatic carbocycles. The topological polar surface area (TPSA) is 77.2 Å². The van der Waals surface area contributed by atoms with E-state index in [1.807, 2.05) is 57.2 Å². The van der Waals surface area contributed by atoms with E-state index in [2.05, 4.69) is 16.8 Å². The molecule has 1 aromatic heterocycles. The summed E-state index contributed by atoms with van der Waals surface area (Å²) >= 11 is 0. The molecule has 3 aromatic rings. The Kier molecular flexibility index (Phi) is 5.23. The number of hydrogen-bond acceptors (Lipinski definition) is 5. The number of para-hydroxylation sites is 1. The summed E-state index contributed by atoms with van der Waals surface area (Å²) in [5.41, 5.74) is 2.66. The number of benzene rings is 2. The number of hydrogen-bond donors (Lipinski definition) is 1. The summed E-state index contributed by atoms with van der Waals surface area (Å²) in [7, 11) is 0. The Morgan fingerprint density at radius 2 is 1.75 bits per heavy atom. The average Bonchev–Trinajstić information content (AvgIpc) is 3.05. The molecule has 0 aliphatic heterocycles. The van der Waals surface area contributed by atoms with Gasteiger partial charge in [-0.15, -0.1) is 15.0 Å². The van der Waals surface area contributed by atoms with E-state index in [0.29, 0.717) is 23.2 Å². The molecule has 0 amide bonds. The van der Waals surface area contributed by atoms with Gasteiger partial charge < -0.3 is 9.84 Å². The molecule has 1 heterocycles. The van der Waals surface area contributed by atoms with Gasteiger partial charge in [-0.3, -0.25) is 0 Å². The van der Waals surface area contributed by atoms with Crippen molar-refractivity contribution in [3.05, 3.63) is 60.2 Å². The number of carbonyl (C=O) groups is 1. The molecule has 6 heteroatoms. The van der Waals surface area contributed by atoms with Crippen molar-refractivity contribution < 1.29 is 14.6 Å². The Morgan fingerprint density at radius 3 is 2.29 bits per heavy atom. The maximum atomic E-state index is 12.1. The lowest BCUT2D eigenvalue weighted by Crippen LogP contribution is -2.34. The van der Waals surface area contributed by atoms with Crippen molar-refractivity contribution in [3.8, 4) is 11.4 Å². The molecule has 146 valence electrons. The van der Waals surface area contributed by atoms with Gasteiger partial charge in [-0.1, -0.05) is 51.6 Å². The van der Waals surface area contributed by atoms with Crippen LogP contribution in [-0.2, 0) is 16.0 Å². The Hall–Kier alpha value is -3.15. The van der Waals surface area contributed by atoms with E-state index in [0.717, 1.165) is 11.0 Å². The molecule has 1 unspecified atom stereocenters. The van der Waals surface area contributed by atoms with Gasteiger partial charge in [0, 0.05) is 12.0 Å². The van der Waals surface area contributed by atoms with Gasteiger partial charge >= 0.3 is 5.97 Å². The highest BCUT2D eigenvalue weighted by Crippen LogP contribution is 2.32. The summed E-state index contributed by atoms with van der Waals surface area (Å²) in [4.78, 5) is 13.5. The van der Waals surface area contributed by atoms with Crippen LogP contribution in [0.2, 0.25) is 0 Å². The lowest BCUT2D eigenvalue weighted by molar-refractivity contribution is -0.149. The Labute approximate surface area is 164 Å². The maximum Gasteiger partial charge on any atom is 0.333 e. The van der Waals surface area contributed by atoms with E-state index < -0.39 is 12.1 Å². The number of carbonyl (C=O) groups excluding carboxylic acids is 1. The van der Waals surface area contributed by atoms with Crippen LogP contribution in [0.25, 0.3) is 16.7 Å². The molecule has 28 heavy (non-hydrogen) atoms. The van der Waals surface area contributed by atoms with Crippen LogP contribution in [0.1, 0.15) is 33.3 Å². The average molecular weight is 379 g/mol. The van der Waals surface area contributed by atoms with E-state index >= 15 is 0 Å². The highest BCUT2D eigenvalue weighted by molar-refractivity contribution is 5.87. The first-order valence-electron chi connectivity index (χ1n) is 9.16. The number of fused-ring (bicyclic) bond motifs is 1. The van der Waals surface area contributed by atoms with E-state index in [1.165, 1.54) is 4.80 Å². The van der Waals surface area contributed by atoms with Gasteiger partial charge in [-0.05, 0) is 36.1 Å². The van der Waals surface area contributed by atoms with Gasteiger partial charge in [-0.2, -0.15) is 0 Å². The van der Waals surface area contributed by atoms with Crippen LogP contribution in [0.3, 0.4) is 0 Å². The van der Waals surface area contributed by atoms with Crippen molar-refractivity contribution in [2.45, 2.75) is 40.2 Å². The number of rotatable bonds is 5. The largest absolute Gasteiger partial charge is 0.505 e. The molecule has 3 rings (SSSR count). The Bertz CT molecular complexity index is 998. The zero-order valence-corrected chi connectivity index (χ0v) is 16.6. The zero-order valence-electron chi connectivity index (χ0n) is 16.6. The molecule has 1 atom stereocenters. The predicted octanol–water partition coefficient (Wildman–Crippen LogP) is 4.20. The van der Waals surface area contributed by atoms with E-state index in [9.17, 15) is 9.90 Å². The predicted molar refractivity (Wildman–Crippen MR) is 108 cm³/mol. The van der Waals surface area contributed by atoms with Crippen molar-refractivity contribution in [1.82, 2.24) is 15.0 Å². The highest BCUT2D eigenvalue weighted by atomic mass is 16.5. The molecule has 0 bridgehead atoms. The van der Waals surface area contributed by atoms with Gasteiger partial charge in [0.2, 0.25) is 0 Å². The monoisotopic (exact) mass is 379 g/mol. The van der Waals surface area contributed by atoms with Crippen molar-refractivity contribution in [2.75, 3.05) is 0 Å². The third kappa shape index (κ3) is 4.06. The first-order valence-corrected chi connectivity index (χ1v) is 9.16. The van der Waals surface area contributed by atoms with Crippen molar-refractivity contribution in [1.29, 1.82) is 0 Å². The fraction of sp³-hybridized carbons (Fsp3) is 0.318. The normalized spacial score (nSPS) is 12.7. The molecular formula is C22H25N3O3. The molecule has 0 radical (unpaired) electrons. The van der Waals surface area contributed by atoms with Crippen molar-refractivity contribution in [2.24, 2.45) is 5.41 Å². The molecule has 0 saturated carbocycles. The molecular weight excluding hydrogens is 354 g/mol. The van der Waals surface area contributed by atoms with Gasteiger partial charge in [-0.25, -0.2) is 4.79 Å². The van der Waals surface area contributed by atoms with Crippen LogP contribution in [0.4, 0.5) is 0 Å². The maximum absolute atomic E-state index is 12.1. The second kappa shape index (κ2) is 7.46. The first kappa shape index (κ1) is 19.6. The number of phenolic OH excluding ortho intramolecular Hbond substituents is 1. The number of ether oxygens (including phenoxy) is 1. The Morgan fingerprint density at radius 1 is 1.14 bits per heavy atom. The van der Waals surface area contributed by atoms with E-state index in [1.54, 1.807) is 13.0 Å². The SMILES string of the molecule is C=C(C)C(=O)OC(Cc1cccc(-n2nc3ccccc3n2)c1O)C(C)(C)C. The van der Waals surface area contributed by atoms with Crippen LogP contribution < -0.4 is 0 Å². The van der Waals surface area contributed by atoms with Gasteiger partial charge in [0.25, 0.3) is 0 Å². The lowest BCUT2D eigenvalue weighted by Gasteiger charge is -2.30. The van der Waals surface area contributed by atoms with Crippen LogP contribution in [0.15, 0.2) is 54.6 Å². The summed E-state index contributed by atoms with van der Waals surface area (Å²) in [6.45, 7) is 11.2. The minimum Gasteiger partial charge on any atom is -0.505 e. The smallest absolute Gasteiger partial charge is 0.333 e. The summed E-state index contributed by atoms with van der Waals surface area (Å²) < 4.78 is 5.64. The first-order chi connectivity index (χ1) is 13.2. The van der Waals surface area contributed by atoms with Crippen molar-refractivity contribution in [3.63, 3.8) is 0 Å². The molecule has 0 aliphatic carbocycles. The number of phenols is 1. The molecule has 6 nitrogen and oxygen atoms in total. The summed E-state index contributed by atoms with van der Waals surface area (Å²) in [5, 5.41) is 19.7. The van der Waals surface area contributed by atoms with Crippen LogP contribution in [0, 0.1) is 5.41 Å². The van der Waals surface area contributed by atoms with Gasteiger partial charge in [0.1, 0.15) is 28.6 Å². The highest BCUT2D eigenvalue weighted by Gasteiger charge is 2.30. The van der Waals surface area contributed by atoms with E-state index in [4.69, 9.17) is 4.74 Å². The van der Waals surface area contributed by atoms with Crippen molar-refractivity contribution >= 4 is 17.0 Å².